The lowest BCUT2D eigenvalue weighted by Gasteiger charge is -2.23. The van der Waals surface area contributed by atoms with Crippen LogP contribution < -0.4 is 0 Å². The third kappa shape index (κ3) is 2.58. The fourth-order valence-corrected chi connectivity index (χ4v) is 3.35. The first-order valence-electron chi connectivity index (χ1n) is 6.42. The van der Waals surface area contributed by atoms with Crippen LogP contribution in [0, 0.1) is 11.3 Å². The number of hydrogen-bond acceptors (Lipinski definition) is 3. The van der Waals surface area contributed by atoms with Crippen LogP contribution in [0.3, 0.4) is 0 Å². The zero-order valence-electron chi connectivity index (χ0n) is 11.5. The maximum absolute atomic E-state index is 11.5. The fourth-order valence-electron chi connectivity index (χ4n) is 2.17. The molecule has 1 fully saturated rings. The molecule has 1 aromatic rings. The number of nitrogens with zero attached hydrogens (tertiary/aromatic N) is 1. The number of thiazole rings is 1. The number of carboxylic acid groups (broad SMARTS) is 1. The summed E-state index contributed by atoms with van der Waals surface area (Å²) >= 11 is 1.59. The van der Waals surface area contributed by atoms with Gasteiger partial charge < -0.3 is 5.11 Å². The predicted octanol–water partition coefficient (Wildman–Crippen LogP) is 3.48. The third-order valence-electron chi connectivity index (χ3n) is 3.81. The zero-order chi connectivity index (χ0) is 13.6. The van der Waals surface area contributed by atoms with Crippen molar-refractivity contribution in [2.75, 3.05) is 0 Å². The van der Waals surface area contributed by atoms with E-state index in [1.54, 1.807) is 11.3 Å². The molecule has 1 saturated carbocycles. The van der Waals surface area contributed by atoms with Crippen LogP contribution in [0.5, 0.6) is 0 Å². The van der Waals surface area contributed by atoms with Crippen LogP contribution in [-0.4, -0.2) is 16.1 Å². The van der Waals surface area contributed by atoms with Crippen LogP contribution in [0.1, 0.15) is 51.2 Å². The van der Waals surface area contributed by atoms with Gasteiger partial charge in [-0.1, -0.05) is 20.8 Å². The van der Waals surface area contributed by atoms with E-state index in [2.05, 4.69) is 31.1 Å². The summed E-state index contributed by atoms with van der Waals surface area (Å²) in [4.78, 5) is 16.1. The number of aliphatic carboxylic acids is 1. The lowest BCUT2D eigenvalue weighted by molar-refractivity contribution is -0.149. The number of aromatic nitrogens is 1. The fraction of sp³-hybridized carbons (Fsp3) is 0.714. The number of hydrogen-bond donors (Lipinski definition) is 1. The molecule has 3 nitrogen and oxygen atoms in total. The van der Waals surface area contributed by atoms with Crippen LogP contribution in [0.15, 0.2) is 5.38 Å². The van der Waals surface area contributed by atoms with Crippen LogP contribution in [0.25, 0.3) is 0 Å². The average molecular weight is 267 g/mol. The number of rotatable bonds is 4. The second-order valence-corrected chi connectivity index (χ2v) is 7.49. The monoisotopic (exact) mass is 267 g/mol. The van der Waals surface area contributed by atoms with Gasteiger partial charge in [0.05, 0.1) is 16.1 Å². The third-order valence-corrected chi connectivity index (χ3v) is 4.65. The minimum absolute atomic E-state index is 0.0357. The summed E-state index contributed by atoms with van der Waals surface area (Å²) in [5.74, 6) is -0.352. The highest BCUT2D eigenvalue weighted by Crippen LogP contribution is 2.48. The molecule has 0 aliphatic heterocycles. The molecule has 0 amide bonds. The molecular formula is C14H21NO2S. The molecule has 0 saturated heterocycles. The Morgan fingerprint density at radius 2 is 2.06 bits per heavy atom. The Kier molecular flexibility index (Phi) is 3.26. The van der Waals surface area contributed by atoms with Crippen LogP contribution in [-0.2, 0) is 16.6 Å². The average Bonchev–Trinajstić information content (AvgIpc) is 2.98. The van der Waals surface area contributed by atoms with E-state index in [0.29, 0.717) is 12.3 Å². The van der Waals surface area contributed by atoms with Gasteiger partial charge in [-0.15, -0.1) is 11.3 Å². The molecule has 100 valence electrons. The molecule has 4 heteroatoms. The lowest BCUT2D eigenvalue weighted by Crippen LogP contribution is -2.32. The largest absolute Gasteiger partial charge is 0.481 e. The summed E-state index contributed by atoms with van der Waals surface area (Å²) in [5.41, 5.74) is 0.465. The Hall–Kier alpha value is -0.900. The molecular weight excluding hydrogens is 246 g/mol. The van der Waals surface area contributed by atoms with Gasteiger partial charge in [0.1, 0.15) is 0 Å². The van der Waals surface area contributed by atoms with Crippen LogP contribution in [0.2, 0.25) is 0 Å². The van der Waals surface area contributed by atoms with Crippen LogP contribution >= 0.6 is 11.3 Å². The van der Waals surface area contributed by atoms with E-state index in [1.165, 1.54) is 0 Å². The van der Waals surface area contributed by atoms with E-state index in [1.807, 2.05) is 6.92 Å². The van der Waals surface area contributed by atoms with Crippen molar-refractivity contribution in [2.45, 2.75) is 52.4 Å². The molecule has 1 aliphatic carbocycles. The molecule has 1 atom stereocenters. The van der Waals surface area contributed by atoms with Crippen molar-refractivity contribution < 1.29 is 9.90 Å². The van der Waals surface area contributed by atoms with Crippen molar-refractivity contribution in [1.29, 1.82) is 0 Å². The molecule has 2 rings (SSSR count). The minimum Gasteiger partial charge on any atom is -0.481 e. The maximum atomic E-state index is 11.5. The Bertz CT molecular complexity index is 457. The van der Waals surface area contributed by atoms with E-state index in [0.717, 1.165) is 23.5 Å². The number of carbonyl (C=O) groups is 1. The molecule has 0 spiro atoms. The van der Waals surface area contributed by atoms with Gasteiger partial charge >= 0.3 is 5.97 Å². The van der Waals surface area contributed by atoms with E-state index in [-0.39, 0.29) is 5.41 Å². The predicted molar refractivity (Wildman–Crippen MR) is 73.0 cm³/mol. The lowest BCUT2D eigenvalue weighted by atomic mass is 9.82. The van der Waals surface area contributed by atoms with Gasteiger partial charge in [-0.3, -0.25) is 4.79 Å². The molecule has 0 bridgehead atoms. The van der Waals surface area contributed by atoms with Gasteiger partial charge in [-0.05, 0) is 25.7 Å². The first-order chi connectivity index (χ1) is 8.23. The Balaban J connectivity index is 2.18. The van der Waals surface area contributed by atoms with Crippen molar-refractivity contribution in [1.82, 2.24) is 4.98 Å². The van der Waals surface area contributed by atoms with Gasteiger partial charge in [-0.25, -0.2) is 4.98 Å². The Labute approximate surface area is 112 Å². The molecule has 18 heavy (non-hydrogen) atoms. The molecule has 1 unspecified atom stereocenters. The van der Waals surface area contributed by atoms with Crippen LogP contribution in [0.4, 0.5) is 0 Å². The normalized spacial score (nSPS) is 19.6. The highest BCUT2D eigenvalue weighted by atomic mass is 32.1. The summed E-state index contributed by atoms with van der Waals surface area (Å²) in [6.45, 7) is 8.25. The zero-order valence-corrected chi connectivity index (χ0v) is 12.3. The van der Waals surface area contributed by atoms with E-state index in [9.17, 15) is 9.90 Å². The van der Waals surface area contributed by atoms with Gasteiger partial charge in [0.15, 0.2) is 0 Å². The van der Waals surface area contributed by atoms with Crippen molar-refractivity contribution in [3.63, 3.8) is 0 Å². The first kappa shape index (κ1) is 13.5. The number of carboxylic acids is 1. The Morgan fingerprint density at radius 3 is 2.44 bits per heavy atom. The Morgan fingerprint density at radius 1 is 1.44 bits per heavy atom. The minimum atomic E-state index is -0.683. The van der Waals surface area contributed by atoms with Crippen molar-refractivity contribution in [3.8, 4) is 0 Å². The summed E-state index contributed by atoms with van der Waals surface area (Å²) in [6, 6.07) is 0. The van der Waals surface area contributed by atoms with E-state index >= 15 is 0 Å². The molecule has 0 radical (unpaired) electrons. The molecule has 1 N–H and O–H groups in total. The maximum Gasteiger partial charge on any atom is 0.310 e. The van der Waals surface area contributed by atoms with E-state index in [4.69, 9.17) is 0 Å². The summed E-state index contributed by atoms with van der Waals surface area (Å²) < 4.78 is 0. The topological polar surface area (TPSA) is 50.2 Å². The quantitative estimate of drug-likeness (QED) is 0.908. The second kappa shape index (κ2) is 4.34. The highest BCUT2D eigenvalue weighted by molar-refractivity contribution is 7.09. The van der Waals surface area contributed by atoms with Crippen molar-refractivity contribution >= 4 is 17.3 Å². The van der Waals surface area contributed by atoms with Crippen molar-refractivity contribution in [3.05, 3.63) is 16.1 Å². The van der Waals surface area contributed by atoms with Gasteiger partial charge in [0, 0.05) is 17.2 Å². The van der Waals surface area contributed by atoms with Gasteiger partial charge in [0.25, 0.3) is 0 Å². The van der Waals surface area contributed by atoms with E-state index < -0.39 is 11.4 Å². The molecule has 1 heterocycles. The highest BCUT2D eigenvalue weighted by Gasteiger charge is 2.47. The standard InChI is InChI=1S/C14H21NO2S/c1-13(2,3)10-8-18-11(15-10)7-14(4,12(16)17)9-5-6-9/h8-9H,5-7H2,1-4H3,(H,16,17). The van der Waals surface area contributed by atoms with Crippen molar-refractivity contribution in [2.24, 2.45) is 11.3 Å². The summed E-state index contributed by atoms with van der Waals surface area (Å²) in [5, 5.41) is 12.5. The second-order valence-electron chi connectivity index (χ2n) is 6.55. The first-order valence-corrected chi connectivity index (χ1v) is 7.30. The summed E-state index contributed by atoms with van der Waals surface area (Å²) in [7, 11) is 0. The smallest absolute Gasteiger partial charge is 0.310 e. The molecule has 1 aromatic heterocycles. The molecule has 0 aromatic carbocycles. The van der Waals surface area contributed by atoms with Gasteiger partial charge in [0.2, 0.25) is 0 Å². The molecule has 1 aliphatic rings. The SMILES string of the molecule is CC(C)(C)c1csc(CC(C)(C(=O)O)C2CC2)n1. The summed E-state index contributed by atoms with van der Waals surface area (Å²) in [6.07, 6.45) is 2.65. The van der Waals surface area contributed by atoms with Gasteiger partial charge in [-0.2, -0.15) is 0 Å².